The summed E-state index contributed by atoms with van der Waals surface area (Å²) < 4.78 is 31.2. The number of carboxylic acids is 1. The van der Waals surface area contributed by atoms with Crippen molar-refractivity contribution in [1.29, 1.82) is 0 Å². The molecular weight excluding hydrogens is 296 g/mol. The molecule has 0 amide bonds. The van der Waals surface area contributed by atoms with Crippen LogP contribution >= 0.6 is 0 Å². The number of hydrogen-bond acceptors (Lipinski definition) is 5. The molecule has 0 unspecified atom stereocenters. The van der Waals surface area contributed by atoms with E-state index in [0.717, 1.165) is 6.07 Å². The van der Waals surface area contributed by atoms with E-state index in [4.69, 9.17) is 9.84 Å². The molecule has 0 saturated heterocycles. The number of carboxylic acid groups (broad SMARTS) is 1. The van der Waals surface area contributed by atoms with E-state index in [-0.39, 0.29) is 16.2 Å². The molecule has 0 bridgehead atoms. The number of ether oxygens (including phenoxy) is 1. The number of sulfonamides is 1. The highest BCUT2D eigenvalue weighted by Crippen LogP contribution is 2.27. The molecule has 0 heterocycles. The van der Waals surface area contributed by atoms with Gasteiger partial charge in [0.05, 0.1) is 12.7 Å². The summed E-state index contributed by atoms with van der Waals surface area (Å²) in [6, 6.07) is 3.77. The van der Waals surface area contributed by atoms with Gasteiger partial charge >= 0.3 is 5.97 Å². The minimum absolute atomic E-state index is 0.0991. The second-order valence-corrected chi connectivity index (χ2v) is 6.47. The third kappa shape index (κ3) is 4.16. The van der Waals surface area contributed by atoms with Crippen LogP contribution < -0.4 is 10.1 Å². The summed E-state index contributed by atoms with van der Waals surface area (Å²) in [6.07, 6.45) is 0.646. The maximum atomic E-state index is 12.5. The van der Waals surface area contributed by atoms with Crippen LogP contribution in [-0.2, 0) is 10.0 Å². The minimum atomic E-state index is -3.80. The highest BCUT2D eigenvalue weighted by atomic mass is 32.2. The Kier molecular flexibility index (Phi) is 6.13. The van der Waals surface area contributed by atoms with Gasteiger partial charge in [0.1, 0.15) is 10.6 Å². The number of carbonyl (C=O) groups is 1. The van der Waals surface area contributed by atoms with Crippen LogP contribution in [0.2, 0.25) is 0 Å². The molecule has 0 aliphatic heterocycles. The monoisotopic (exact) mass is 316 g/mol. The number of nitrogens with one attached hydrogen (secondary N) is 1. The molecule has 1 aromatic carbocycles. The van der Waals surface area contributed by atoms with E-state index in [1.165, 1.54) is 30.6 Å². The average molecular weight is 316 g/mol. The predicted molar refractivity (Wildman–Crippen MR) is 78.3 cm³/mol. The lowest BCUT2D eigenvalue weighted by Crippen LogP contribution is -2.30. The van der Waals surface area contributed by atoms with Crippen LogP contribution in [0.15, 0.2) is 23.1 Å². The van der Waals surface area contributed by atoms with Crippen LogP contribution in [0.4, 0.5) is 0 Å². The van der Waals surface area contributed by atoms with E-state index in [1.54, 1.807) is 7.05 Å². The molecule has 2 N–H and O–H groups in total. The van der Waals surface area contributed by atoms with Gasteiger partial charge in [0.2, 0.25) is 10.0 Å². The summed E-state index contributed by atoms with van der Waals surface area (Å²) in [5.74, 6) is -1.06. The zero-order chi connectivity index (χ0) is 16.0. The molecule has 0 aromatic heterocycles. The third-order valence-corrected chi connectivity index (χ3v) is 4.88. The normalized spacial score (nSPS) is 11.6. The fraction of sp³-hybridized carbons (Fsp3) is 0.462. The Morgan fingerprint density at radius 2 is 2.10 bits per heavy atom. The van der Waals surface area contributed by atoms with Gasteiger partial charge in [0, 0.05) is 13.6 Å². The van der Waals surface area contributed by atoms with Gasteiger partial charge in [-0.3, -0.25) is 0 Å². The van der Waals surface area contributed by atoms with Gasteiger partial charge in [-0.2, -0.15) is 0 Å². The Morgan fingerprint density at radius 3 is 2.62 bits per heavy atom. The molecule has 21 heavy (non-hydrogen) atoms. The van der Waals surface area contributed by atoms with Crippen LogP contribution in [-0.4, -0.2) is 58.1 Å². The van der Waals surface area contributed by atoms with Crippen molar-refractivity contribution in [3.05, 3.63) is 23.8 Å². The number of hydrogen-bond donors (Lipinski definition) is 2. The van der Waals surface area contributed by atoms with Crippen molar-refractivity contribution in [3.63, 3.8) is 0 Å². The number of benzene rings is 1. The van der Waals surface area contributed by atoms with Crippen molar-refractivity contribution < 1.29 is 23.1 Å². The molecule has 8 heteroatoms. The molecule has 0 aliphatic carbocycles. The Labute approximate surface area is 124 Å². The van der Waals surface area contributed by atoms with Gasteiger partial charge in [-0.15, -0.1) is 0 Å². The number of methoxy groups -OCH3 is 1. The van der Waals surface area contributed by atoms with E-state index in [0.29, 0.717) is 19.5 Å². The van der Waals surface area contributed by atoms with E-state index >= 15 is 0 Å². The molecule has 0 saturated carbocycles. The Morgan fingerprint density at radius 1 is 1.43 bits per heavy atom. The van der Waals surface area contributed by atoms with E-state index in [9.17, 15) is 13.2 Å². The van der Waals surface area contributed by atoms with Crippen LogP contribution in [0.1, 0.15) is 16.8 Å². The van der Waals surface area contributed by atoms with Crippen molar-refractivity contribution in [2.45, 2.75) is 11.3 Å². The molecular formula is C13H20N2O5S. The van der Waals surface area contributed by atoms with Crippen molar-refractivity contribution >= 4 is 16.0 Å². The summed E-state index contributed by atoms with van der Waals surface area (Å²) >= 11 is 0. The van der Waals surface area contributed by atoms with Crippen molar-refractivity contribution in [2.24, 2.45) is 0 Å². The van der Waals surface area contributed by atoms with Gasteiger partial charge in [-0.25, -0.2) is 17.5 Å². The molecule has 7 nitrogen and oxygen atoms in total. The fourth-order valence-electron chi connectivity index (χ4n) is 1.78. The van der Waals surface area contributed by atoms with E-state index in [1.807, 2.05) is 0 Å². The summed E-state index contributed by atoms with van der Waals surface area (Å²) in [6.45, 7) is 1.01. The fourth-order valence-corrected chi connectivity index (χ4v) is 3.16. The van der Waals surface area contributed by atoms with Crippen molar-refractivity contribution in [2.75, 3.05) is 34.3 Å². The first-order valence-corrected chi connectivity index (χ1v) is 7.81. The van der Waals surface area contributed by atoms with Gasteiger partial charge in [0.25, 0.3) is 0 Å². The standard InChI is InChI=1S/C13H20N2O5S/c1-14-7-4-8-15(2)21(18,19)12-9-10(13(16)17)5-6-11(12)20-3/h5-6,9,14H,4,7-8H2,1-3H3,(H,16,17). The highest BCUT2D eigenvalue weighted by Gasteiger charge is 2.25. The van der Waals surface area contributed by atoms with E-state index in [2.05, 4.69) is 5.32 Å². The molecule has 0 radical (unpaired) electrons. The van der Waals surface area contributed by atoms with Gasteiger partial charge in [0.15, 0.2) is 0 Å². The van der Waals surface area contributed by atoms with Crippen LogP contribution in [0.25, 0.3) is 0 Å². The van der Waals surface area contributed by atoms with Crippen LogP contribution in [0.3, 0.4) is 0 Å². The van der Waals surface area contributed by atoms with Crippen molar-refractivity contribution in [3.8, 4) is 5.75 Å². The predicted octanol–water partition coefficient (Wildman–Crippen LogP) is 0.623. The SMILES string of the molecule is CNCCCN(C)S(=O)(=O)c1cc(C(=O)O)ccc1OC. The first-order chi connectivity index (χ1) is 9.84. The van der Waals surface area contributed by atoms with Crippen molar-refractivity contribution in [1.82, 2.24) is 9.62 Å². The first-order valence-electron chi connectivity index (χ1n) is 6.37. The minimum Gasteiger partial charge on any atom is -0.495 e. The summed E-state index contributed by atoms with van der Waals surface area (Å²) in [7, 11) is 0.784. The Hall–Kier alpha value is -1.64. The molecule has 0 aliphatic rings. The average Bonchev–Trinajstić information content (AvgIpc) is 2.46. The Bertz CT molecular complexity index is 601. The number of aromatic carboxylic acids is 1. The molecule has 0 fully saturated rings. The van der Waals surface area contributed by atoms with Gasteiger partial charge in [-0.05, 0) is 38.2 Å². The topological polar surface area (TPSA) is 95.9 Å². The summed E-state index contributed by atoms with van der Waals surface area (Å²) in [5, 5.41) is 11.9. The first kappa shape index (κ1) is 17.4. The third-order valence-electron chi connectivity index (χ3n) is 3.00. The van der Waals surface area contributed by atoms with Crippen LogP contribution in [0, 0.1) is 0 Å². The van der Waals surface area contributed by atoms with Gasteiger partial charge < -0.3 is 15.2 Å². The smallest absolute Gasteiger partial charge is 0.335 e. The molecule has 118 valence electrons. The van der Waals surface area contributed by atoms with Gasteiger partial charge in [-0.1, -0.05) is 0 Å². The second-order valence-electron chi connectivity index (χ2n) is 4.45. The summed E-state index contributed by atoms with van der Waals surface area (Å²) in [5.41, 5.74) is -0.0991. The van der Waals surface area contributed by atoms with Crippen LogP contribution in [0.5, 0.6) is 5.75 Å². The molecule has 0 spiro atoms. The lowest BCUT2D eigenvalue weighted by molar-refractivity contribution is 0.0696. The summed E-state index contributed by atoms with van der Waals surface area (Å²) in [4.78, 5) is 10.9. The maximum Gasteiger partial charge on any atom is 0.335 e. The lowest BCUT2D eigenvalue weighted by atomic mass is 10.2. The number of nitrogens with zero attached hydrogens (tertiary/aromatic N) is 1. The lowest BCUT2D eigenvalue weighted by Gasteiger charge is -2.19. The largest absolute Gasteiger partial charge is 0.495 e. The molecule has 1 rings (SSSR count). The highest BCUT2D eigenvalue weighted by molar-refractivity contribution is 7.89. The zero-order valence-electron chi connectivity index (χ0n) is 12.3. The maximum absolute atomic E-state index is 12.5. The molecule has 0 atom stereocenters. The quantitative estimate of drug-likeness (QED) is 0.683. The Balaban J connectivity index is 3.16. The number of rotatable bonds is 8. The molecule has 1 aromatic rings. The second kappa shape index (κ2) is 7.39. The van der Waals surface area contributed by atoms with E-state index < -0.39 is 16.0 Å². The zero-order valence-corrected chi connectivity index (χ0v) is 13.1.